The van der Waals surface area contributed by atoms with Gasteiger partial charge >= 0.3 is 33.6 Å². The van der Waals surface area contributed by atoms with E-state index in [1.165, 1.54) is 135 Å². The van der Waals surface area contributed by atoms with E-state index in [-0.39, 0.29) is 19.3 Å². The van der Waals surface area contributed by atoms with Gasteiger partial charge in [0.2, 0.25) is 0 Å². The number of esters is 3. The predicted octanol–water partition coefficient (Wildman–Crippen LogP) is 29.8. The van der Waals surface area contributed by atoms with E-state index < -0.39 is 91.5 Å². The second kappa shape index (κ2) is 93.5. The van der Waals surface area contributed by atoms with Gasteiger partial charge in [-0.05, 0) is 167 Å². The molecule has 0 rings (SSSR count). The van der Waals surface area contributed by atoms with Crippen LogP contribution >= 0.6 is 15.6 Å². The number of unbranched alkanes of at least 4 members (excludes halogenated alkanes) is 34. The SMILES string of the molecule is CC/C=C\C/C=C\C/C=C\C/C=C\C/C=C\C/C=C\CCCCCCCCCCCCCCCCCCC(=O)OCC(O)COP(=O)(O)OCC(O)COP(=O)(O)OCC(COC(=O)CCCCCCCCCCCC/C=C\C/C=C\C/C=C\C/C=C\C/C=C\C/C=C\CC)OC(=O)CCCCCCC/C=C\C/C=C\C/C=C\C/C=C\CCCCC. The molecule has 690 valence electrons. The van der Waals surface area contributed by atoms with Gasteiger partial charge in [-0.3, -0.25) is 32.5 Å². The van der Waals surface area contributed by atoms with Crippen molar-refractivity contribution in [3.63, 3.8) is 0 Å². The summed E-state index contributed by atoms with van der Waals surface area (Å²) in [4.78, 5) is 59.1. The molecule has 0 aliphatic heterocycles. The molecule has 0 aromatic heterocycles. The van der Waals surface area contributed by atoms with Gasteiger partial charge in [0.25, 0.3) is 0 Å². The highest BCUT2D eigenvalue weighted by Gasteiger charge is 2.30. The van der Waals surface area contributed by atoms with Crippen molar-refractivity contribution >= 4 is 33.6 Å². The van der Waals surface area contributed by atoms with Crippen LogP contribution in [0.25, 0.3) is 0 Å². The molecule has 0 fully saturated rings. The third-order valence-corrected chi connectivity index (χ3v) is 21.7. The van der Waals surface area contributed by atoms with E-state index in [0.717, 1.165) is 186 Å². The Balaban J connectivity index is 4.57. The van der Waals surface area contributed by atoms with Crippen molar-refractivity contribution < 1.29 is 75.8 Å². The number of hydrogen-bond acceptors (Lipinski definition) is 14. The number of hydrogen-bond donors (Lipinski definition) is 4. The molecule has 0 saturated heterocycles. The fourth-order valence-corrected chi connectivity index (χ4v) is 14.2. The summed E-state index contributed by atoms with van der Waals surface area (Å²) in [5.41, 5.74) is 0. The van der Waals surface area contributed by atoms with E-state index in [4.69, 9.17) is 32.3 Å². The molecular formula is C103H172O16P2. The van der Waals surface area contributed by atoms with Crippen molar-refractivity contribution in [3.8, 4) is 0 Å². The molecule has 0 radical (unpaired) electrons. The van der Waals surface area contributed by atoms with Crippen molar-refractivity contribution in [3.05, 3.63) is 194 Å². The molecule has 0 spiro atoms. The zero-order valence-electron chi connectivity index (χ0n) is 76.1. The lowest BCUT2D eigenvalue weighted by Gasteiger charge is -2.21. The van der Waals surface area contributed by atoms with Gasteiger partial charge in [0.1, 0.15) is 25.4 Å². The van der Waals surface area contributed by atoms with E-state index in [1.54, 1.807) is 0 Å². The first kappa shape index (κ1) is 115. The molecule has 4 N–H and O–H groups in total. The smallest absolute Gasteiger partial charge is 0.463 e. The number of phosphoric acid groups is 2. The van der Waals surface area contributed by atoms with Crippen LogP contribution in [0, 0.1) is 0 Å². The van der Waals surface area contributed by atoms with E-state index in [9.17, 15) is 43.5 Å². The lowest BCUT2D eigenvalue weighted by atomic mass is 10.0. The molecule has 18 heteroatoms. The van der Waals surface area contributed by atoms with Crippen LogP contribution in [0.4, 0.5) is 0 Å². The van der Waals surface area contributed by atoms with Gasteiger partial charge in [0, 0.05) is 19.3 Å². The Morgan fingerprint density at radius 2 is 0.438 bits per heavy atom. The summed E-state index contributed by atoms with van der Waals surface area (Å²) in [6.07, 6.45) is 125. The maximum Gasteiger partial charge on any atom is 0.472 e. The molecule has 0 bridgehead atoms. The Morgan fingerprint density at radius 1 is 0.240 bits per heavy atom. The Hall–Kier alpha value is -5.61. The van der Waals surface area contributed by atoms with Crippen LogP contribution in [-0.4, -0.2) is 95.9 Å². The molecule has 5 unspecified atom stereocenters. The maximum atomic E-state index is 13.1. The standard InChI is InChI=1S/C103H172O16P2/c1-4-7-10-13-16-19-22-25-28-31-34-37-39-41-43-45-46-47-48-49-50-52-54-55-57-60-62-65-68-71-74-77-80-83-86-89-101(106)113-92-98(104)93-115-120(109,110)116-94-99(105)95-117-121(111,112)118-97-100(119-103(108)91-88-85-82-79-76-73-70-67-64-59-36-33-30-27-24-21-18-15-12-9-6-3)96-114-102(107)90-87-84-81-78-75-72-69-66-63-61-58-56-53-51-44-42-40-38-35-32-29-26-23-20-17-14-11-8-5-2/h7-8,10-11,16-21,25-30,34-38,41-44,46-47,53,56,59,67,70,98-100,104-105H,4-6,9,12-15,22-24,31-33,39-40,45,48-52,54-55,57-58,60-66,68-69,71-97H2,1-3H3,(H,109,110)(H,111,112)/b10-7-,11-8-,19-16-,20-17-,21-18-,28-25-,29-26-,30-27-,37-34-,38-35-,43-41-,44-42-,47-46-,56-53-,59-36-,70-67-. The molecule has 0 aliphatic carbocycles. The first-order valence-electron chi connectivity index (χ1n) is 47.7. The second-order valence-electron chi connectivity index (χ2n) is 31.4. The number of allylic oxidation sites excluding steroid dienone is 32. The van der Waals surface area contributed by atoms with Gasteiger partial charge in [-0.25, -0.2) is 9.13 Å². The Kier molecular flexibility index (Phi) is 89.2. The Morgan fingerprint density at radius 3 is 0.694 bits per heavy atom. The molecule has 121 heavy (non-hydrogen) atoms. The summed E-state index contributed by atoms with van der Waals surface area (Å²) < 4.78 is 61.5. The molecule has 0 aromatic rings. The lowest BCUT2D eigenvalue weighted by Crippen LogP contribution is -2.30. The van der Waals surface area contributed by atoms with E-state index in [1.807, 2.05) is 0 Å². The number of rotatable bonds is 89. The highest BCUT2D eigenvalue weighted by molar-refractivity contribution is 7.47. The molecule has 16 nitrogen and oxygen atoms in total. The third-order valence-electron chi connectivity index (χ3n) is 19.8. The highest BCUT2D eigenvalue weighted by Crippen LogP contribution is 2.45. The normalized spacial score (nSPS) is 14.6. The van der Waals surface area contributed by atoms with Gasteiger partial charge in [-0.15, -0.1) is 0 Å². The van der Waals surface area contributed by atoms with Gasteiger partial charge in [-0.1, -0.05) is 389 Å². The minimum absolute atomic E-state index is 0.0773. The quantitative estimate of drug-likeness (QED) is 0.0146. The topological polar surface area (TPSA) is 231 Å². The van der Waals surface area contributed by atoms with Crippen LogP contribution in [-0.2, 0) is 55.8 Å². The van der Waals surface area contributed by atoms with E-state index in [2.05, 4.69) is 215 Å². The molecule has 0 aliphatic rings. The molecule has 0 amide bonds. The van der Waals surface area contributed by atoms with Crippen LogP contribution in [0.3, 0.4) is 0 Å². The third kappa shape index (κ3) is 94.9. The zero-order chi connectivity index (χ0) is 87.9. The molecule has 0 saturated carbocycles. The van der Waals surface area contributed by atoms with Crippen LogP contribution in [0.15, 0.2) is 194 Å². The predicted molar refractivity (Wildman–Crippen MR) is 509 cm³/mol. The molecule has 5 atom stereocenters. The lowest BCUT2D eigenvalue weighted by molar-refractivity contribution is -0.161. The van der Waals surface area contributed by atoms with Crippen molar-refractivity contribution in [2.45, 2.75) is 399 Å². The van der Waals surface area contributed by atoms with E-state index in [0.29, 0.717) is 19.3 Å². The zero-order valence-corrected chi connectivity index (χ0v) is 77.9. The fourth-order valence-electron chi connectivity index (χ4n) is 12.6. The summed E-state index contributed by atoms with van der Waals surface area (Å²) in [5, 5.41) is 20.8. The maximum absolute atomic E-state index is 13.1. The average Bonchev–Trinajstić information content (AvgIpc) is 0.879. The monoisotopic (exact) mass is 1730 g/mol. The summed E-state index contributed by atoms with van der Waals surface area (Å²) >= 11 is 0. The van der Waals surface area contributed by atoms with Gasteiger partial charge < -0.3 is 34.2 Å². The van der Waals surface area contributed by atoms with Crippen LogP contribution in [0.1, 0.15) is 380 Å². The number of ether oxygens (including phenoxy) is 3. The average molecular weight is 1730 g/mol. The Bertz CT molecular complexity index is 2980. The first-order valence-corrected chi connectivity index (χ1v) is 50.7. The van der Waals surface area contributed by atoms with Crippen molar-refractivity contribution in [2.24, 2.45) is 0 Å². The number of carbonyl (C=O) groups excluding carboxylic acids is 3. The minimum Gasteiger partial charge on any atom is -0.463 e. The van der Waals surface area contributed by atoms with Gasteiger partial charge in [0.15, 0.2) is 6.10 Å². The summed E-state index contributed by atoms with van der Waals surface area (Å²) in [6, 6.07) is 0. The summed E-state index contributed by atoms with van der Waals surface area (Å²) in [7, 11) is -9.83. The molecular weight excluding hydrogens is 1560 g/mol. The number of phosphoric ester groups is 2. The molecule has 0 heterocycles. The largest absolute Gasteiger partial charge is 0.472 e. The molecule has 0 aromatic carbocycles. The van der Waals surface area contributed by atoms with Crippen LogP contribution < -0.4 is 0 Å². The number of carbonyl (C=O) groups is 3. The van der Waals surface area contributed by atoms with Gasteiger partial charge in [-0.2, -0.15) is 0 Å². The van der Waals surface area contributed by atoms with Crippen LogP contribution in [0.5, 0.6) is 0 Å². The van der Waals surface area contributed by atoms with Gasteiger partial charge in [0.05, 0.1) is 26.4 Å². The number of aliphatic hydroxyl groups is 2. The summed E-state index contributed by atoms with van der Waals surface area (Å²) in [5.74, 6) is -1.60. The Labute approximate surface area is 737 Å². The second-order valence-corrected chi connectivity index (χ2v) is 34.3. The van der Waals surface area contributed by atoms with Crippen LogP contribution in [0.2, 0.25) is 0 Å². The highest BCUT2D eigenvalue weighted by atomic mass is 31.2. The summed E-state index contributed by atoms with van der Waals surface area (Å²) in [6.45, 7) is 2.43. The van der Waals surface area contributed by atoms with Crippen molar-refractivity contribution in [1.29, 1.82) is 0 Å². The van der Waals surface area contributed by atoms with Crippen molar-refractivity contribution in [1.82, 2.24) is 0 Å². The first-order chi connectivity index (χ1) is 59.2. The van der Waals surface area contributed by atoms with Crippen molar-refractivity contribution in [2.75, 3.05) is 39.6 Å². The number of aliphatic hydroxyl groups excluding tert-OH is 2. The minimum atomic E-state index is -4.95. The fraction of sp³-hybridized carbons (Fsp3) is 0.660. The van der Waals surface area contributed by atoms with E-state index >= 15 is 0 Å².